The van der Waals surface area contributed by atoms with E-state index >= 15 is 0 Å². The number of anilines is 1. The first kappa shape index (κ1) is 12.5. The standard InChI is InChI=1S/C13H23N3O/c1-11-4-5-13(17-11)16(3)8-6-12-10-14-7-9-15(12)2/h4-5,12,14H,6-10H2,1-3H3. The highest BCUT2D eigenvalue weighted by molar-refractivity contribution is 5.34. The zero-order valence-corrected chi connectivity index (χ0v) is 11.1. The molecule has 0 radical (unpaired) electrons. The van der Waals surface area contributed by atoms with E-state index in [9.17, 15) is 0 Å². The van der Waals surface area contributed by atoms with Crippen molar-refractivity contribution in [2.24, 2.45) is 0 Å². The van der Waals surface area contributed by atoms with Crippen molar-refractivity contribution in [2.45, 2.75) is 19.4 Å². The van der Waals surface area contributed by atoms with E-state index in [1.54, 1.807) is 0 Å². The summed E-state index contributed by atoms with van der Waals surface area (Å²) in [7, 11) is 4.30. The highest BCUT2D eigenvalue weighted by Gasteiger charge is 2.19. The molecule has 1 N–H and O–H groups in total. The molecule has 1 atom stereocenters. The summed E-state index contributed by atoms with van der Waals surface area (Å²) < 4.78 is 5.61. The lowest BCUT2D eigenvalue weighted by atomic mass is 10.1. The van der Waals surface area contributed by atoms with E-state index in [-0.39, 0.29) is 0 Å². The summed E-state index contributed by atoms with van der Waals surface area (Å²) in [6.07, 6.45) is 1.17. The maximum absolute atomic E-state index is 5.61. The summed E-state index contributed by atoms with van der Waals surface area (Å²) in [5, 5.41) is 3.45. The zero-order valence-electron chi connectivity index (χ0n) is 11.1. The summed E-state index contributed by atoms with van der Waals surface area (Å²) in [6, 6.07) is 4.69. The molecule has 96 valence electrons. The Bertz CT molecular complexity index is 350. The van der Waals surface area contributed by atoms with Gasteiger partial charge >= 0.3 is 0 Å². The van der Waals surface area contributed by atoms with E-state index in [0.717, 1.165) is 37.8 Å². The first-order chi connectivity index (χ1) is 8.16. The molecule has 17 heavy (non-hydrogen) atoms. The number of likely N-dealkylation sites (N-methyl/N-ethyl adjacent to an activating group) is 1. The van der Waals surface area contributed by atoms with E-state index in [1.165, 1.54) is 6.42 Å². The third-order valence-corrected chi connectivity index (χ3v) is 3.54. The van der Waals surface area contributed by atoms with Gasteiger partial charge < -0.3 is 19.5 Å². The van der Waals surface area contributed by atoms with Gasteiger partial charge in [0.05, 0.1) is 0 Å². The molecule has 4 heteroatoms. The van der Waals surface area contributed by atoms with Crippen LogP contribution in [-0.4, -0.2) is 51.2 Å². The predicted molar refractivity (Wildman–Crippen MR) is 70.6 cm³/mol. The topological polar surface area (TPSA) is 31.6 Å². The molecule has 1 aliphatic heterocycles. The Labute approximate surface area is 104 Å². The van der Waals surface area contributed by atoms with E-state index in [4.69, 9.17) is 4.42 Å². The second-order valence-corrected chi connectivity index (χ2v) is 4.93. The van der Waals surface area contributed by atoms with Crippen LogP contribution in [0.2, 0.25) is 0 Å². The molecule has 1 unspecified atom stereocenters. The Balaban J connectivity index is 1.81. The first-order valence-electron chi connectivity index (χ1n) is 6.35. The third-order valence-electron chi connectivity index (χ3n) is 3.54. The van der Waals surface area contributed by atoms with Gasteiger partial charge in [-0.25, -0.2) is 0 Å². The van der Waals surface area contributed by atoms with Gasteiger partial charge in [0.25, 0.3) is 0 Å². The number of aryl methyl sites for hydroxylation is 1. The minimum Gasteiger partial charge on any atom is -0.446 e. The lowest BCUT2D eigenvalue weighted by molar-refractivity contribution is 0.192. The summed E-state index contributed by atoms with van der Waals surface area (Å²) in [5.41, 5.74) is 0. The second kappa shape index (κ2) is 5.56. The smallest absolute Gasteiger partial charge is 0.195 e. The maximum atomic E-state index is 5.61. The lowest BCUT2D eigenvalue weighted by Gasteiger charge is -2.34. The third kappa shape index (κ3) is 3.23. The Morgan fingerprint density at radius 1 is 1.53 bits per heavy atom. The Morgan fingerprint density at radius 3 is 3.00 bits per heavy atom. The number of furan rings is 1. The van der Waals surface area contributed by atoms with Crippen molar-refractivity contribution in [3.8, 4) is 0 Å². The van der Waals surface area contributed by atoms with Crippen molar-refractivity contribution in [2.75, 3.05) is 45.2 Å². The Morgan fingerprint density at radius 2 is 2.35 bits per heavy atom. The lowest BCUT2D eigenvalue weighted by Crippen LogP contribution is -2.50. The fourth-order valence-electron chi connectivity index (χ4n) is 2.26. The largest absolute Gasteiger partial charge is 0.446 e. The van der Waals surface area contributed by atoms with Crippen LogP contribution in [0.1, 0.15) is 12.2 Å². The molecule has 0 saturated carbocycles. The van der Waals surface area contributed by atoms with E-state index in [0.29, 0.717) is 6.04 Å². The van der Waals surface area contributed by atoms with Gasteiger partial charge in [0.1, 0.15) is 5.76 Å². The highest BCUT2D eigenvalue weighted by atomic mass is 16.4. The molecule has 2 rings (SSSR count). The summed E-state index contributed by atoms with van der Waals surface area (Å²) in [4.78, 5) is 4.63. The van der Waals surface area contributed by atoms with Gasteiger partial charge in [-0.15, -0.1) is 0 Å². The number of hydrogen-bond donors (Lipinski definition) is 1. The fraction of sp³-hybridized carbons (Fsp3) is 0.692. The van der Waals surface area contributed by atoms with Crippen molar-refractivity contribution in [3.63, 3.8) is 0 Å². The molecule has 1 fully saturated rings. The van der Waals surface area contributed by atoms with Crippen LogP contribution in [0.25, 0.3) is 0 Å². The van der Waals surface area contributed by atoms with Crippen molar-refractivity contribution in [1.29, 1.82) is 0 Å². The van der Waals surface area contributed by atoms with Crippen molar-refractivity contribution in [1.82, 2.24) is 10.2 Å². The number of piperazine rings is 1. The number of nitrogens with one attached hydrogen (secondary N) is 1. The van der Waals surface area contributed by atoms with Gasteiger partial charge in [-0.3, -0.25) is 0 Å². The van der Waals surface area contributed by atoms with Gasteiger partial charge in [-0.05, 0) is 26.5 Å². The summed E-state index contributed by atoms with van der Waals surface area (Å²) >= 11 is 0. The number of rotatable bonds is 4. The van der Waals surface area contributed by atoms with Crippen LogP contribution < -0.4 is 10.2 Å². The average Bonchev–Trinajstić information content (AvgIpc) is 2.74. The van der Waals surface area contributed by atoms with Gasteiger partial charge in [0, 0.05) is 45.3 Å². The zero-order chi connectivity index (χ0) is 12.3. The molecular formula is C13H23N3O. The van der Waals surface area contributed by atoms with Crippen LogP contribution in [0.5, 0.6) is 0 Å². The van der Waals surface area contributed by atoms with E-state index in [1.807, 2.05) is 19.1 Å². The van der Waals surface area contributed by atoms with Gasteiger partial charge in [0.2, 0.25) is 0 Å². The number of hydrogen-bond acceptors (Lipinski definition) is 4. The van der Waals surface area contributed by atoms with Crippen LogP contribution in [0, 0.1) is 6.92 Å². The van der Waals surface area contributed by atoms with E-state index in [2.05, 4.69) is 29.2 Å². The van der Waals surface area contributed by atoms with E-state index < -0.39 is 0 Å². The SMILES string of the molecule is Cc1ccc(N(C)CCC2CNCCN2C)o1. The maximum Gasteiger partial charge on any atom is 0.195 e. The van der Waals surface area contributed by atoms with Gasteiger partial charge in [-0.2, -0.15) is 0 Å². The van der Waals surface area contributed by atoms with Crippen LogP contribution >= 0.6 is 0 Å². The number of nitrogens with zero attached hydrogens (tertiary/aromatic N) is 2. The summed E-state index contributed by atoms with van der Waals surface area (Å²) in [6.45, 7) is 6.37. The molecule has 1 aliphatic rings. The molecule has 4 nitrogen and oxygen atoms in total. The summed E-state index contributed by atoms with van der Waals surface area (Å²) in [5.74, 6) is 1.94. The normalized spacial score (nSPS) is 21.7. The molecule has 0 spiro atoms. The first-order valence-corrected chi connectivity index (χ1v) is 6.35. The molecule has 1 aromatic rings. The molecular weight excluding hydrogens is 214 g/mol. The quantitative estimate of drug-likeness (QED) is 0.856. The highest BCUT2D eigenvalue weighted by Crippen LogP contribution is 2.17. The monoisotopic (exact) mass is 237 g/mol. The van der Waals surface area contributed by atoms with Crippen LogP contribution in [-0.2, 0) is 0 Å². The molecule has 2 heterocycles. The molecule has 1 aromatic heterocycles. The predicted octanol–water partition coefficient (Wildman–Crippen LogP) is 1.32. The molecule has 0 aliphatic carbocycles. The van der Waals surface area contributed by atoms with Crippen molar-refractivity contribution < 1.29 is 4.42 Å². The van der Waals surface area contributed by atoms with Gasteiger partial charge in [-0.1, -0.05) is 0 Å². The molecule has 1 saturated heterocycles. The minimum atomic E-state index is 0.641. The van der Waals surface area contributed by atoms with Crippen LogP contribution in [0.4, 0.5) is 5.88 Å². The van der Waals surface area contributed by atoms with Crippen molar-refractivity contribution >= 4 is 5.88 Å². The van der Waals surface area contributed by atoms with Crippen LogP contribution in [0.15, 0.2) is 16.5 Å². The second-order valence-electron chi connectivity index (χ2n) is 4.93. The molecule has 0 bridgehead atoms. The van der Waals surface area contributed by atoms with Crippen LogP contribution in [0.3, 0.4) is 0 Å². The fourth-order valence-corrected chi connectivity index (χ4v) is 2.26. The minimum absolute atomic E-state index is 0.641. The Hall–Kier alpha value is -1.00. The average molecular weight is 237 g/mol. The van der Waals surface area contributed by atoms with Gasteiger partial charge in [0.15, 0.2) is 5.88 Å². The molecule has 0 amide bonds. The Kier molecular flexibility index (Phi) is 4.07. The van der Waals surface area contributed by atoms with Crippen molar-refractivity contribution in [3.05, 3.63) is 17.9 Å². The molecule has 0 aromatic carbocycles.